The molecule has 2 fully saturated rings. The Bertz CT molecular complexity index is 346. The maximum absolute atomic E-state index is 12.6. The third-order valence-corrected chi connectivity index (χ3v) is 4.44. The number of rotatable bonds is 4. The summed E-state index contributed by atoms with van der Waals surface area (Å²) in [4.78, 5) is 25.3. The SMILES string of the molecule is CC1NCCC1C(=O)N1CCCCC1CCC(=O)O. The molecule has 0 bridgehead atoms. The zero-order valence-electron chi connectivity index (χ0n) is 11.6. The van der Waals surface area contributed by atoms with Crippen molar-refractivity contribution in [1.82, 2.24) is 10.2 Å². The summed E-state index contributed by atoms with van der Waals surface area (Å²) in [5, 5.41) is 12.1. The molecule has 2 aliphatic rings. The largest absolute Gasteiger partial charge is 0.481 e. The van der Waals surface area contributed by atoms with Crippen LogP contribution >= 0.6 is 0 Å². The number of hydrogen-bond donors (Lipinski definition) is 2. The maximum Gasteiger partial charge on any atom is 0.303 e. The molecule has 5 nitrogen and oxygen atoms in total. The standard InChI is InChI=1S/C14H24N2O3/c1-10-12(7-8-15-10)14(19)16-9-3-2-4-11(16)5-6-13(17)18/h10-12,15H,2-9H2,1H3,(H,17,18). The van der Waals surface area contributed by atoms with Gasteiger partial charge in [-0.05, 0) is 45.6 Å². The highest BCUT2D eigenvalue weighted by Crippen LogP contribution is 2.26. The molecule has 2 aliphatic heterocycles. The second-order valence-electron chi connectivity index (χ2n) is 5.75. The fourth-order valence-corrected chi connectivity index (χ4v) is 3.29. The summed E-state index contributed by atoms with van der Waals surface area (Å²) in [6.07, 6.45) is 4.76. The van der Waals surface area contributed by atoms with Crippen LogP contribution in [-0.2, 0) is 9.59 Å². The summed E-state index contributed by atoms with van der Waals surface area (Å²) in [6.45, 7) is 3.77. The zero-order valence-corrected chi connectivity index (χ0v) is 11.6. The maximum atomic E-state index is 12.6. The highest BCUT2D eigenvalue weighted by atomic mass is 16.4. The van der Waals surface area contributed by atoms with Crippen LogP contribution in [0.2, 0.25) is 0 Å². The number of piperidine rings is 1. The molecule has 1 amide bonds. The Kier molecular flexibility index (Phi) is 4.80. The van der Waals surface area contributed by atoms with E-state index in [1.807, 2.05) is 4.90 Å². The van der Waals surface area contributed by atoms with Crippen LogP contribution in [0.4, 0.5) is 0 Å². The smallest absolute Gasteiger partial charge is 0.303 e. The summed E-state index contributed by atoms with van der Waals surface area (Å²) in [5.74, 6) is -0.466. The number of aliphatic carboxylic acids is 1. The van der Waals surface area contributed by atoms with Gasteiger partial charge in [0.05, 0.1) is 5.92 Å². The first-order valence-electron chi connectivity index (χ1n) is 7.35. The predicted octanol–water partition coefficient (Wildman–Crippen LogP) is 1.23. The monoisotopic (exact) mass is 268 g/mol. The molecule has 0 aromatic carbocycles. The number of carboxylic acids is 1. The first kappa shape index (κ1) is 14.3. The minimum atomic E-state index is -0.770. The van der Waals surface area contributed by atoms with Gasteiger partial charge in [-0.15, -0.1) is 0 Å². The number of nitrogens with one attached hydrogen (secondary N) is 1. The summed E-state index contributed by atoms with van der Waals surface area (Å²) < 4.78 is 0. The molecule has 0 radical (unpaired) electrons. The number of hydrogen-bond acceptors (Lipinski definition) is 3. The van der Waals surface area contributed by atoms with Crippen molar-refractivity contribution in [3.63, 3.8) is 0 Å². The van der Waals surface area contributed by atoms with Crippen molar-refractivity contribution in [2.24, 2.45) is 5.92 Å². The fraction of sp³-hybridized carbons (Fsp3) is 0.857. The molecule has 2 heterocycles. The molecule has 0 aliphatic carbocycles. The van der Waals surface area contributed by atoms with E-state index in [1.54, 1.807) is 0 Å². The molecule has 2 N–H and O–H groups in total. The van der Waals surface area contributed by atoms with Crippen molar-refractivity contribution in [3.8, 4) is 0 Å². The van der Waals surface area contributed by atoms with E-state index >= 15 is 0 Å². The predicted molar refractivity (Wildman–Crippen MR) is 71.8 cm³/mol. The molecule has 3 unspecified atom stereocenters. The molecule has 0 aromatic heterocycles. The lowest BCUT2D eigenvalue weighted by Crippen LogP contribution is -2.48. The zero-order chi connectivity index (χ0) is 13.8. The number of carbonyl (C=O) groups excluding carboxylic acids is 1. The van der Waals surface area contributed by atoms with Gasteiger partial charge in [-0.2, -0.15) is 0 Å². The van der Waals surface area contributed by atoms with Crippen LogP contribution in [0.15, 0.2) is 0 Å². The van der Waals surface area contributed by atoms with Crippen molar-refractivity contribution < 1.29 is 14.7 Å². The van der Waals surface area contributed by atoms with Crippen molar-refractivity contribution in [2.75, 3.05) is 13.1 Å². The van der Waals surface area contributed by atoms with Gasteiger partial charge in [0.25, 0.3) is 0 Å². The van der Waals surface area contributed by atoms with Gasteiger partial charge in [0.2, 0.25) is 5.91 Å². The van der Waals surface area contributed by atoms with Crippen LogP contribution in [0.3, 0.4) is 0 Å². The minimum absolute atomic E-state index is 0.0745. The second kappa shape index (κ2) is 6.37. The molecule has 0 saturated carbocycles. The molecular formula is C14H24N2O3. The van der Waals surface area contributed by atoms with Gasteiger partial charge in [-0.25, -0.2) is 0 Å². The van der Waals surface area contributed by atoms with Crippen LogP contribution in [0, 0.1) is 5.92 Å². The van der Waals surface area contributed by atoms with Crippen molar-refractivity contribution in [3.05, 3.63) is 0 Å². The van der Waals surface area contributed by atoms with Crippen LogP contribution in [0.1, 0.15) is 45.4 Å². The molecule has 2 saturated heterocycles. The highest BCUT2D eigenvalue weighted by molar-refractivity contribution is 5.80. The van der Waals surface area contributed by atoms with E-state index in [2.05, 4.69) is 12.2 Å². The van der Waals surface area contributed by atoms with Crippen molar-refractivity contribution in [1.29, 1.82) is 0 Å². The fourth-order valence-electron chi connectivity index (χ4n) is 3.29. The summed E-state index contributed by atoms with van der Waals surface area (Å²) in [6, 6.07) is 0.375. The Morgan fingerprint density at radius 2 is 2.11 bits per heavy atom. The Morgan fingerprint density at radius 1 is 1.32 bits per heavy atom. The average Bonchev–Trinajstić information content (AvgIpc) is 2.82. The quantitative estimate of drug-likeness (QED) is 0.804. The normalized spacial score (nSPS) is 31.4. The molecular weight excluding hydrogens is 244 g/mol. The van der Waals surface area contributed by atoms with Gasteiger partial charge >= 0.3 is 5.97 Å². The Labute approximate surface area is 114 Å². The van der Waals surface area contributed by atoms with Gasteiger partial charge in [0.15, 0.2) is 0 Å². The first-order valence-corrected chi connectivity index (χ1v) is 7.35. The molecule has 3 atom stereocenters. The first-order chi connectivity index (χ1) is 9.09. The summed E-state index contributed by atoms with van der Waals surface area (Å²) >= 11 is 0. The number of likely N-dealkylation sites (tertiary alicyclic amines) is 1. The van der Waals surface area contributed by atoms with Gasteiger partial charge < -0.3 is 15.3 Å². The van der Waals surface area contributed by atoms with Gasteiger partial charge in [0.1, 0.15) is 0 Å². The van der Waals surface area contributed by atoms with E-state index < -0.39 is 5.97 Å². The molecule has 0 spiro atoms. The molecule has 5 heteroatoms. The topological polar surface area (TPSA) is 69.6 Å². The van der Waals surface area contributed by atoms with E-state index in [0.717, 1.165) is 38.8 Å². The summed E-state index contributed by atoms with van der Waals surface area (Å²) in [7, 11) is 0. The van der Waals surface area contributed by atoms with Crippen LogP contribution < -0.4 is 5.32 Å². The average molecular weight is 268 g/mol. The molecule has 2 rings (SSSR count). The number of nitrogens with zero attached hydrogens (tertiary/aromatic N) is 1. The Morgan fingerprint density at radius 3 is 2.74 bits per heavy atom. The Hall–Kier alpha value is -1.10. The lowest BCUT2D eigenvalue weighted by Gasteiger charge is -2.38. The molecule has 108 valence electrons. The highest BCUT2D eigenvalue weighted by Gasteiger charge is 2.36. The number of amides is 1. The molecule has 0 aromatic rings. The van der Waals surface area contributed by atoms with Crippen LogP contribution in [0.5, 0.6) is 0 Å². The van der Waals surface area contributed by atoms with Crippen molar-refractivity contribution >= 4 is 11.9 Å². The van der Waals surface area contributed by atoms with Crippen LogP contribution in [-0.4, -0.2) is 47.1 Å². The van der Waals surface area contributed by atoms with E-state index in [-0.39, 0.29) is 30.3 Å². The van der Waals surface area contributed by atoms with E-state index in [1.165, 1.54) is 0 Å². The number of carboxylic acid groups (broad SMARTS) is 1. The minimum Gasteiger partial charge on any atom is -0.481 e. The van der Waals surface area contributed by atoms with E-state index in [0.29, 0.717) is 6.42 Å². The lowest BCUT2D eigenvalue weighted by atomic mass is 9.93. The number of carbonyl (C=O) groups is 2. The van der Waals surface area contributed by atoms with Crippen molar-refractivity contribution in [2.45, 2.75) is 57.5 Å². The van der Waals surface area contributed by atoms with E-state index in [9.17, 15) is 9.59 Å². The third-order valence-electron chi connectivity index (χ3n) is 4.44. The second-order valence-corrected chi connectivity index (χ2v) is 5.75. The summed E-state index contributed by atoms with van der Waals surface area (Å²) in [5.41, 5.74) is 0. The Balaban J connectivity index is 1.97. The van der Waals surface area contributed by atoms with E-state index in [4.69, 9.17) is 5.11 Å². The molecule has 19 heavy (non-hydrogen) atoms. The van der Waals surface area contributed by atoms with Gasteiger partial charge in [-0.3, -0.25) is 9.59 Å². The van der Waals surface area contributed by atoms with Gasteiger partial charge in [-0.1, -0.05) is 0 Å². The third kappa shape index (κ3) is 3.47. The lowest BCUT2D eigenvalue weighted by molar-refractivity contribution is -0.142. The van der Waals surface area contributed by atoms with Crippen LogP contribution in [0.25, 0.3) is 0 Å². The van der Waals surface area contributed by atoms with Gasteiger partial charge in [0, 0.05) is 25.0 Å².